The molecule has 0 unspecified atom stereocenters. The summed E-state index contributed by atoms with van der Waals surface area (Å²) in [5.41, 5.74) is 1.46. The van der Waals surface area contributed by atoms with E-state index in [2.05, 4.69) is 10.2 Å². The number of carbonyl (C=O) groups excluding carboxylic acids is 2. The van der Waals surface area contributed by atoms with Crippen LogP contribution < -0.4 is 19.9 Å². The van der Waals surface area contributed by atoms with Crippen molar-refractivity contribution < 1.29 is 19.1 Å². The van der Waals surface area contributed by atoms with Crippen LogP contribution in [0.25, 0.3) is 0 Å². The fourth-order valence-corrected chi connectivity index (χ4v) is 5.81. The van der Waals surface area contributed by atoms with E-state index in [9.17, 15) is 9.59 Å². The minimum atomic E-state index is -0.551. The van der Waals surface area contributed by atoms with Crippen LogP contribution in [0.5, 0.6) is 5.75 Å². The summed E-state index contributed by atoms with van der Waals surface area (Å²) in [5, 5.41) is 3.97. The van der Waals surface area contributed by atoms with Crippen LogP contribution in [0.15, 0.2) is 24.4 Å². The van der Waals surface area contributed by atoms with E-state index in [4.69, 9.17) is 31.0 Å². The van der Waals surface area contributed by atoms with E-state index in [1.54, 1.807) is 23.1 Å². The molecular weight excluding hydrogens is 532 g/mol. The van der Waals surface area contributed by atoms with E-state index in [1.807, 2.05) is 39.0 Å². The lowest BCUT2D eigenvalue weighted by atomic mass is 10.0. The van der Waals surface area contributed by atoms with Crippen LogP contribution in [-0.4, -0.2) is 72.3 Å². The summed E-state index contributed by atoms with van der Waals surface area (Å²) in [5.74, 6) is 1.88. The Morgan fingerprint density at radius 2 is 1.98 bits per heavy atom. The van der Waals surface area contributed by atoms with Gasteiger partial charge in [0.15, 0.2) is 5.82 Å². The van der Waals surface area contributed by atoms with Crippen molar-refractivity contribution in [2.75, 3.05) is 48.4 Å². The highest BCUT2D eigenvalue weighted by molar-refractivity contribution is 6.32. The monoisotopic (exact) mass is 570 g/mol. The van der Waals surface area contributed by atoms with E-state index in [1.165, 1.54) is 19.3 Å². The lowest BCUT2D eigenvalue weighted by Gasteiger charge is -2.37. The van der Waals surface area contributed by atoms with Gasteiger partial charge in [0.05, 0.1) is 18.3 Å². The Hall–Kier alpha value is -3.27. The maximum atomic E-state index is 12.6. The zero-order valence-corrected chi connectivity index (χ0v) is 24.5. The third-order valence-corrected chi connectivity index (χ3v) is 8.31. The van der Waals surface area contributed by atoms with Crippen molar-refractivity contribution >= 4 is 41.6 Å². The van der Waals surface area contributed by atoms with Gasteiger partial charge in [0.1, 0.15) is 17.0 Å². The summed E-state index contributed by atoms with van der Waals surface area (Å²) >= 11 is 6.35. The first-order valence-electron chi connectivity index (χ1n) is 14.0. The first kappa shape index (κ1) is 28.3. The van der Waals surface area contributed by atoms with Gasteiger partial charge < -0.3 is 29.5 Å². The van der Waals surface area contributed by atoms with E-state index in [0.29, 0.717) is 66.1 Å². The molecule has 0 atom stereocenters. The van der Waals surface area contributed by atoms with Crippen LogP contribution in [0.2, 0.25) is 5.02 Å². The summed E-state index contributed by atoms with van der Waals surface area (Å²) in [6.45, 7) is 8.95. The van der Waals surface area contributed by atoms with Gasteiger partial charge in [-0.2, -0.15) is 4.98 Å². The van der Waals surface area contributed by atoms with Crippen molar-refractivity contribution in [2.45, 2.75) is 71.1 Å². The van der Waals surface area contributed by atoms with E-state index < -0.39 is 5.60 Å². The Labute approximate surface area is 241 Å². The Kier molecular flexibility index (Phi) is 7.99. The topological polar surface area (TPSA) is 100 Å². The Bertz CT molecular complexity index is 1240. The van der Waals surface area contributed by atoms with E-state index in [-0.39, 0.29) is 12.1 Å². The maximum Gasteiger partial charge on any atom is 0.410 e. The van der Waals surface area contributed by atoms with Crippen LogP contribution >= 0.6 is 11.6 Å². The molecule has 0 radical (unpaired) electrons. The van der Waals surface area contributed by atoms with Gasteiger partial charge in [-0.15, -0.1) is 0 Å². The molecule has 2 amide bonds. The molecule has 1 aliphatic carbocycles. The minimum Gasteiger partial charge on any atom is -0.495 e. The van der Waals surface area contributed by atoms with Gasteiger partial charge in [-0.25, -0.2) is 9.78 Å². The molecular formula is C29H39ClN6O4. The fraction of sp³-hybridized carbons (Fsp3) is 0.586. The van der Waals surface area contributed by atoms with Crippen LogP contribution in [-0.2, 0) is 16.1 Å². The molecule has 10 nitrogen and oxygen atoms in total. The highest BCUT2D eigenvalue weighted by Crippen LogP contribution is 2.53. The lowest BCUT2D eigenvalue weighted by Crippen LogP contribution is -2.48. The first-order chi connectivity index (χ1) is 19.1. The van der Waals surface area contributed by atoms with E-state index in [0.717, 1.165) is 25.1 Å². The van der Waals surface area contributed by atoms with Crippen LogP contribution in [0.3, 0.4) is 0 Å². The van der Waals surface area contributed by atoms with Crippen molar-refractivity contribution in [1.29, 1.82) is 0 Å². The smallest absolute Gasteiger partial charge is 0.410 e. The molecule has 40 heavy (non-hydrogen) atoms. The molecule has 3 fully saturated rings. The number of piperidine rings is 1. The van der Waals surface area contributed by atoms with Crippen molar-refractivity contribution in [3.8, 4) is 5.75 Å². The highest BCUT2D eigenvalue weighted by Gasteiger charge is 2.48. The minimum absolute atomic E-state index is 0.0943. The number of benzene rings is 1. The summed E-state index contributed by atoms with van der Waals surface area (Å²) < 4.78 is 10.8. The van der Waals surface area contributed by atoms with E-state index >= 15 is 0 Å². The Morgan fingerprint density at radius 3 is 2.58 bits per heavy atom. The van der Waals surface area contributed by atoms with Gasteiger partial charge in [-0.1, -0.05) is 17.7 Å². The molecule has 1 aromatic carbocycles. The Morgan fingerprint density at radius 1 is 1.23 bits per heavy atom. The normalized spacial score (nSPS) is 18.5. The molecule has 3 aliphatic rings. The van der Waals surface area contributed by atoms with Crippen molar-refractivity contribution in [3.05, 3.63) is 35.0 Å². The lowest BCUT2D eigenvalue weighted by molar-refractivity contribution is -0.108. The average Bonchev–Trinajstić information content (AvgIpc) is 3.55. The van der Waals surface area contributed by atoms with Gasteiger partial charge in [0.25, 0.3) is 0 Å². The highest BCUT2D eigenvalue weighted by atomic mass is 35.5. The van der Waals surface area contributed by atoms with Gasteiger partial charge in [0.2, 0.25) is 12.4 Å². The second-order valence-corrected chi connectivity index (χ2v) is 12.5. The predicted molar refractivity (Wildman–Crippen MR) is 155 cm³/mol. The quantitative estimate of drug-likeness (QED) is 0.437. The number of likely N-dealkylation sites (tertiary alicyclic amines) is 1. The Balaban J connectivity index is 1.34. The SMILES string of the molecule is COc1ccc(CNc2nc(N3CCC4(CC4)C3)ncc2N(C=O)C2CCN(C(=O)OC(C)(C)C)CC2)cc1Cl. The number of anilines is 3. The number of halogens is 1. The van der Waals surface area contributed by atoms with Crippen LogP contribution in [0.1, 0.15) is 58.4 Å². The second-order valence-electron chi connectivity index (χ2n) is 12.1. The second kappa shape index (κ2) is 11.3. The zero-order chi connectivity index (χ0) is 28.5. The molecule has 1 aromatic heterocycles. The number of nitrogens with zero attached hydrogens (tertiary/aromatic N) is 5. The molecule has 1 saturated carbocycles. The van der Waals surface area contributed by atoms with Crippen LogP contribution in [0.4, 0.5) is 22.2 Å². The summed E-state index contributed by atoms with van der Waals surface area (Å²) in [6.07, 6.45) is 7.23. The van der Waals surface area contributed by atoms with Gasteiger partial charge in [-0.05, 0) is 76.0 Å². The van der Waals surface area contributed by atoms with Gasteiger partial charge >= 0.3 is 6.09 Å². The fourth-order valence-electron chi connectivity index (χ4n) is 5.53. The molecule has 5 rings (SSSR count). The molecule has 0 bridgehead atoms. The molecule has 2 saturated heterocycles. The summed E-state index contributed by atoms with van der Waals surface area (Å²) in [7, 11) is 1.59. The number of hydrogen-bond acceptors (Lipinski definition) is 8. The largest absolute Gasteiger partial charge is 0.495 e. The number of nitrogens with one attached hydrogen (secondary N) is 1. The third-order valence-electron chi connectivity index (χ3n) is 8.01. The third kappa shape index (κ3) is 6.37. The number of aromatic nitrogens is 2. The number of methoxy groups -OCH3 is 1. The maximum absolute atomic E-state index is 12.6. The van der Waals surface area contributed by atoms with Crippen molar-refractivity contribution in [3.63, 3.8) is 0 Å². The standard InChI is InChI=1S/C29H39ClN6O4/c1-28(2,3)40-27(38)34-12-7-21(8-13-34)36(19-37)23-17-32-26(35-14-11-29(18-35)9-10-29)33-25(23)31-16-20-5-6-24(39-4)22(30)15-20/h5-6,15,17,19,21H,7-14,16,18H2,1-4H3,(H,31,32,33). The number of ether oxygens (including phenoxy) is 2. The van der Waals surface area contributed by atoms with Crippen LogP contribution in [0, 0.1) is 5.41 Å². The molecule has 1 spiro atoms. The zero-order valence-electron chi connectivity index (χ0n) is 23.8. The molecule has 2 aliphatic heterocycles. The molecule has 216 valence electrons. The predicted octanol–water partition coefficient (Wildman–Crippen LogP) is 5.10. The molecule has 2 aromatic rings. The number of carbonyl (C=O) groups is 2. The van der Waals surface area contributed by atoms with Crippen molar-refractivity contribution in [2.24, 2.45) is 5.41 Å². The number of hydrogen-bond donors (Lipinski definition) is 1. The number of rotatable bonds is 8. The van der Waals surface area contributed by atoms with Gasteiger partial charge in [0, 0.05) is 38.8 Å². The van der Waals surface area contributed by atoms with Gasteiger partial charge in [-0.3, -0.25) is 4.79 Å². The van der Waals surface area contributed by atoms with Crippen molar-refractivity contribution in [1.82, 2.24) is 14.9 Å². The molecule has 1 N–H and O–H groups in total. The molecule has 11 heteroatoms. The average molecular weight is 571 g/mol. The molecule has 3 heterocycles. The summed E-state index contributed by atoms with van der Waals surface area (Å²) in [4.78, 5) is 40.3. The first-order valence-corrected chi connectivity index (χ1v) is 14.4. The number of amides is 2. The summed E-state index contributed by atoms with van der Waals surface area (Å²) in [6, 6.07) is 5.54.